The first kappa shape index (κ1) is 12.5. The van der Waals surface area contributed by atoms with E-state index < -0.39 is 0 Å². The van der Waals surface area contributed by atoms with Gasteiger partial charge in [-0.3, -0.25) is 0 Å². The van der Waals surface area contributed by atoms with Crippen molar-refractivity contribution in [3.63, 3.8) is 0 Å². The van der Waals surface area contributed by atoms with E-state index in [-0.39, 0.29) is 0 Å². The van der Waals surface area contributed by atoms with E-state index in [2.05, 4.69) is 54.7 Å². The Balaban J connectivity index is 1.92. The number of methoxy groups -OCH3 is 1. The van der Waals surface area contributed by atoms with E-state index in [4.69, 9.17) is 4.74 Å². The summed E-state index contributed by atoms with van der Waals surface area (Å²) in [5.41, 5.74) is 1.45. The lowest BCUT2D eigenvalue weighted by Crippen LogP contribution is -2.06. The lowest BCUT2D eigenvalue weighted by Gasteiger charge is -2.21. The van der Waals surface area contributed by atoms with Crippen molar-refractivity contribution in [1.82, 2.24) is 0 Å². The van der Waals surface area contributed by atoms with Crippen molar-refractivity contribution in [2.45, 2.75) is 19.3 Å². The summed E-state index contributed by atoms with van der Waals surface area (Å²) >= 11 is 4.16. The molecule has 1 aliphatic heterocycles. The SMILES string of the molecule is COc1ccc([C@@H]2C3=C(C[C@H]2C)SCCS3)cc1. The van der Waals surface area contributed by atoms with Gasteiger partial charge in [0.05, 0.1) is 7.11 Å². The van der Waals surface area contributed by atoms with Crippen molar-refractivity contribution >= 4 is 23.5 Å². The van der Waals surface area contributed by atoms with Gasteiger partial charge in [-0.2, -0.15) is 0 Å². The minimum atomic E-state index is 0.615. The van der Waals surface area contributed by atoms with Gasteiger partial charge in [0.15, 0.2) is 0 Å². The molecule has 18 heavy (non-hydrogen) atoms. The maximum absolute atomic E-state index is 5.24. The number of thioether (sulfide) groups is 2. The highest BCUT2D eigenvalue weighted by atomic mass is 32.2. The second-order valence-electron chi connectivity index (χ2n) is 4.92. The molecule has 0 unspecified atom stereocenters. The molecule has 1 aromatic rings. The van der Waals surface area contributed by atoms with Gasteiger partial charge in [0, 0.05) is 22.3 Å². The highest BCUT2D eigenvalue weighted by molar-refractivity contribution is 8.10. The van der Waals surface area contributed by atoms with E-state index in [1.165, 1.54) is 23.5 Å². The predicted molar refractivity (Wildman–Crippen MR) is 81.5 cm³/mol. The van der Waals surface area contributed by atoms with Gasteiger partial charge in [-0.25, -0.2) is 0 Å². The maximum Gasteiger partial charge on any atom is 0.118 e. The summed E-state index contributed by atoms with van der Waals surface area (Å²) in [5, 5.41) is 0. The second-order valence-corrected chi connectivity index (χ2v) is 7.24. The number of hydrogen-bond acceptors (Lipinski definition) is 3. The minimum absolute atomic E-state index is 0.615. The number of allylic oxidation sites excluding steroid dienone is 2. The number of rotatable bonds is 2. The Kier molecular flexibility index (Phi) is 3.62. The van der Waals surface area contributed by atoms with E-state index in [0.29, 0.717) is 5.92 Å². The third-order valence-corrected chi connectivity index (χ3v) is 6.48. The van der Waals surface area contributed by atoms with Crippen LogP contribution in [-0.4, -0.2) is 18.6 Å². The van der Waals surface area contributed by atoms with Crippen LogP contribution in [0.15, 0.2) is 34.1 Å². The fourth-order valence-electron chi connectivity index (χ4n) is 2.85. The normalized spacial score (nSPS) is 27.2. The van der Waals surface area contributed by atoms with Crippen LogP contribution in [0, 0.1) is 5.92 Å². The Morgan fingerprint density at radius 2 is 1.83 bits per heavy atom. The standard InChI is InChI=1S/C15H18OS2/c1-10-9-13-15(18-8-7-17-13)14(10)11-3-5-12(16-2)6-4-11/h3-6,10,14H,7-9H2,1-2H3/t10-,14-/m1/s1. The van der Waals surface area contributed by atoms with E-state index in [1.54, 1.807) is 16.9 Å². The molecule has 0 amide bonds. The molecule has 1 aromatic carbocycles. The number of benzene rings is 1. The molecule has 0 fully saturated rings. The molecule has 0 spiro atoms. The topological polar surface area (TPSA) is 9.23 Å². The van der Waals surface area contributed by atoms with Gasteiger partial charge in [-0.15, -0.1) is 23.5 Å². The molecule has 0 saturated heterocycles. The van der Waals surface area contributed by atoms with Crippen LogP contribution in [0.2, 0.25) is 0 Å². The van der Waals surface area contributed by atoms with Crippen molar-refractivity contribution in [3.8, 4) is 5.75 Å². The molecule has 1 nitrogen and oxygen atoms in total. The van der Waals surface area contributed by atoms with Gasteiger partial charge in [0.1, 0.15) is 5.75 Å². The van der Waals surface area contributed by atoms with Crippen molar-refractivity contribution in [2.24, 2.45) is 5.92 Å². The van der Waals surface area contributed by atoms with Crippen LogP contribution in [0.25, 0.3) is 0 Å². The Labute approximate surface area is 117 Å². The van der Waals surface area contributed by atoms with Gasteiger partial charge < -0.3 is 4.74 Å². The molecule has 0 bridgehead atoms. The van der Waals surface area contributed by atoms with Crippen molar-refractivity contribution in [3.05, 3.63) is 39.6 Å². The van der Waals surface area contributed by atoms with Crippen LogP contribution >= 0.6 is 23.5 Å². The summed E-state index contributed by atoms with van der Waals surface area (Å²) in [6.07, 6.45) is 1.27. The number of hydrogen-bond donors (Lipinski definition) is 0. The molecule has 1 heterocycles. The van der Waals surface area contributed by atoms with E-state index in [9.17, 15) is 0 Å². The quantitative estimate of drug-likeness (QED) is 0.787. The smallest absolute Gasteiger partial charge is 0.118 e. The summed E-state index contributed by atoms with van der Waals surface area (Å²) in [7, 11) is 1.72. The molecule has 2 aliphatic rings. The maximum atomic E-state index is 5.24. The van der Waals surface area contributed by atoms with Crippen LogP contribution in [0.4, 0.5) is 0 Å². The molecule has 0 N–H and O–H groups in total. The zero-order valence-electron chi connectivity index (χ0n) is 10.8. The molecule has 0 saturated carbocycles. The predicted octanol–water partition coefficient (Wildman–Crippen LogP) is 4.51. The molecule has 96 valence electrons. The summed E-state index contributed by atoms with van der Waals surface area (Å²) in [6, 6.07) is 8.63. The van der Waals surface area contributed by atoms with Gasteiger partial charge in [-0.1, -0.05) is 19.1 Å². The largest absolute Gasteiger partial charge is 0.497 e. The Hall–Kier alpha value is -0.540. The van der Waals surface area contributed by atoms with Gasteiger partial charge >= 0.3 is 0 Å². The highest BCUT2D eigenvalue weighted by Crippen LogP contribution is 2.54. The molecule has 0 aromatic heterocycles. The summed E-state index contributed by atoms with van der Waals surface area (Å²) < 4.78 is 5.24. The van der Waals surface area contributed by atoms with Gasteiger partial charge in [0.25, 0.3) is 0 Å². The Bertz CT molecular complexity index is 464. The van der Waals surface area contributed by atoms with Crippen LogP contribution in [0.3, 0.4) is 0 Å². The van der Waals surface area contributed by atoms with Crippen molar-refractivity contribution < 1.29 is 4.74 Å². The monoisotopic (exact) mass is 278 g/mol. The molecular formula is C15H18OS2. The first-order valence-electron chi connectivity index (χ1n) is 6.42. The van der Waals surface area contributed by atoms with Crippen LogP contribution in [-0.2, 0) is 0 Å². The van der Waals surface area contributed by atoms with E-state index in [1.807, 2.05) is 0 Å². The molecular weight excluding hydrogens is 260 g/mol. The molecule has 2 atom stereocenters. The Morgan fingerprint density at radius 3 is 2.56 bits per heavy atom. The summed E-state index contributed by atoms with van der Waals surface area (Å²) in [6.45, 7) is 2.38. The first-order valence-corrected chi connectivity index (χ1v) is 8.39. The lowest BCUT2D eigenvalue weighted by atomic mass is 9.90. The molecule has 3 heteroatoms. The van der Waals surface area contributed by atoms with E-state index >= 15 is 0 Å². The van der Waals surface area contributed by atoms with Gasteiger partial charge in [-0.05, 0) is 34.9 Å². The Morgan fingerprint density at radius 1 is 1.11 bits per heavy atom. The first-order chi connectivity index (χ1) is 8.79. The van der Waals surface area contributed by atoms with E-state index in [0.717, 1.165) is 11.7 Å². The van der Waals surface area contributed by atoms with Crippen LogP contribution in [0.1, 0.15) is 24.8 Å². The average molecular weight is 278 g/mol. The fourth-order valence-corrected chi connectivity index (χ4v) is 5.78. The van der Waals surface area contributed by atoms with Crippen LogP contribution in [0.5, 0.6) is 5.75 Å². The fraction of sp³-hybridized carbons (Fsp3) is 0.467. The average Bonchev–Trinajstić information content (AvgIpc) is 2.75. The zero-order chi connectivity index (χ0) is 12.5. The molecule has 0 radical (unpaired) electrons. The highest BCUT2D eigenvalue weighted by Gasteiger charge is 2.35. The zero-order valence-corrected chi connectivity index (χ0v) is 12.4. The van der Waals surface area contributed by atoms with Crippen LogP contribution < -0.4 is 4.74 Å². The molecule has 1 aliphatic carbocycles. The lowest BCUT2D eigenvalue weighted by molar-refractivity contribution is 0.414. The van der Waals surface area contributed by atoms with Crippen molar-refractivity contribution in [2.75, 3.05) is 18.6 Å². The number of ether oxygens (including phenoxy) is 1. The van der Waals surface area contributed by atoms with Crippen molar-refractivity contribution in [1.29, 1.82) is 0 Å². The third kappa shape index (κ3) is 2.19. The second kappa shape index (κ2) is 5.22. The van der Waals surface area contributed by atoms with Gasteiger partial charge in [0.2, 0.25) is 0 Å². The third-order valence-electron chi connectivity index (χ3n) is 3.73. The molecule has 3 rings (SSSR count). The summed E-state index contributed by atoms with van der Waals surface area (Å²) in [4.78, 5) is 3.29. The summed E-state index contributed by atoms with van der Waals surface area (Å²) in [5.74, 6) is 4.85. The minimum Gasteiger partial charge on any atom is -0.497 e.